The van der Waals surface area contributed by atoms with E-state index in [1.165, 1.54) is 0 Å². The third-order valence-corrected chi connectivity index (χ3v) is 1.19. The summed E-state index contributed by atoms with van der Waals surface area (Å²) in [6.45, 7) is 7.21. The number of hydrogen-bond donors (Lipinski definition) is 2. The van der Waals surface area contributed by atoms with Crippen LogP contribution in [-0.2, 0) is 0 Å². The van der Waals surface area contributed by atoms with Crippen molar-refractivity contribution in [2.45, 2.75) is 12.7 Å². The molecule has 0 spiro atoms. The van der Waals surface area contributed by atoms with Gasteiger partial charge in [0.25, 0.3) is 0 Å². The van der Waals surface area contributed by atoms with Crippen molar-refractivity contribution in [3.05, 3.63) is 37.0 Å². The van der Waals surface area contributed by atoms with Gasteiger partial charge in [-0.25, -0.2) is 0 Å². The topological polar surface area (TPSA) is 40.5 Å². The SMILES string of the molecule is C=C/C=C\C(=C)CCB(O)O. The molecule has 0 aliphatic heterocycles. The summed E-state index contributed by atoms with van der Waals surface area (Å²) in [6.07, 6.45) is 6.16. The molecular weight excluding hydrogens is 139 g/mol. The Morgan fingerprint density at radius 2 is 2.09 bits per heavy atom. The van der Waals surface area contributed by atoms with Gasteiger partial charge in [0.2, 0.25) is 0 Å². The Morgan fingerprint density at radius 3 is 2.55 bits per heavy atom. The highest BCUT2D eigenvalue weighted by molar-refractivity contribution is 6.41. The summed E-state index contributed by atoms with van der Waals surface area (Å²) in [5, 5.41) is 17.0. The van der Waals surface area contributed by atoms with Crippen LogP contribution in [0.4, 0.5) is 0 Å². The predicted octanol–water partition coefficient (Wildman–Crippen LogP) is 1.15. The standard InChI is InChI=1S/C8H13BO2/c1-3-4-5-8(2)6-7-9(10)11/h3-5,10-11H,1-2,6-7H2/b5-4-. The highest BCUT2D eigenvalue weighted by Crippen LogP contribution is 2.05. The summed E-state index contributed by atoms with van der Waals surface area (Å²) in [5.74, 6) is 0. The first kappa shape index (κ1) is 10.2. The van der Waals surface area contributed by atoms with Gasteiger partial charge in [0, 0.05) is 0 Å². The summed E-state index contributed by atoms with van der Waals surface area (Å²) in [6, 6.07) is 0. The molecule has 0 saturated carbocycles. The zero-order chi connectivity index (χ0) is 8.69. The second-order valence-electron chi connectivity index (χ2n) is 2.27. The fraction of sp³-hybridized carbons (Fsp3) is 0.250. The zero-order valence-corrected chi connectivity index (χ0v) is 6.53. The van der Waals surface area contributed by atoms with E-state index in [0.717, 1.165) is 5.57 Å². The molecule has 0 bridgehead atoms. The van der Waals surface area contributed by atoms with E-state index >= 15 is 0 Å². The van der Waals surface area contributed by atoms with E-state index in [0.29, 0.717) is 12.7 Å². The summed E-state index contributed by atoms with van der Waals surface area (Å²) < 4.78 is 0. The van der Waals surface area contributed by atoms with Gasteiger partial charge in [-0.15, -0.1) is 0 Å². The van der Waals surface area contributed by atoms with Gasteiger partial charge >= 0.3 is 7.12 Å². The van der Waals surface area contributed by atoms with Crippen LogP contribution in [0.2, 0.25) is 6.32 Å². The van der Waals surface area contributed by atoms with Crippen LogP contribution in [0.5, 0.6) is 0 Å². The number of allylic oxidation sites excluding steroid dienone is 4. The van der Waals surface area contributed by atoms with Gasteiger partial charge in [-0.3, -0.25) is 0 Å². The lowest BCUT2D eigenvalue weighted by atomic mass is 9.83. The molecule has 3 heteroatoms. The summed E-state index contributed by atoms with van der Waals surface area (Å²) in [5.41, 5.74) is 0.873. The smallest absolute Gasteiger partial charge is 0.427 e. The van der Waals surface area contributed by atoms with Crippen LogP contribution in [0.15, 0.2) is 37.0 Å². The highest BCUT2D eigenvalue weighted by atomic mass is 16.4. The molecule has 2 nitrogen and oxygen atoms in total. The van der Waals surface area contributed by atoms with Crippen LogP contribution in [0.25, 0.3) is 0 Å². The normalized spacial score (nSPS) is 10.0. The molecule has 0 atom stereocenters. The van der Waals surface area contributed by atoms with Crippen molar-refractivity contribution < 1.29 is 10.0 Å². The summed E-state index contributed by atoms with van der Waals surface area (Å²) in [4.78, 5) is 0. The van der Waals surface area contributed by atoms with Gasteiger partial charge in [-0.1, -0.05) is 37.0 Å². The molecule has 0 saturated heterocycles. The minimum atomic E-state index is -1.23. The Kier molecular flexibility index (Phi) is 5.52. The van der Waals surface area contributed by atoms with Gasteiger partial charge < -0.3 is 10.0 Å². The van der Waals surface area contributed by atoms with Crippen LogP contribution >= 0.6 is 0 Å². The van der Waals surface area contributed by atoms with E-state index in [-0.39, 0.29) is 0 Å². The molecule has 0 amide bonds. The third-order valence-electron chi connectivity index (χ3n) is 1.19. The maximum atomic E-state index is 8.50. The molecule has 0 fully saturated rings. The molecular formula is C8H13BO2. The lowest BCUT2D eigenvalue weighted by Crippen LogP contribution is -2.09. The second-order valence-corrected chi connectivity index (χ2v) is 2.27. The van der Waals surface area contributed by atoms with E-state index < -0.39 is 7.12 Å². The van der Waals surface area contributed by atoms with Gasteiger partial charge in [-0.05, 0) is 12.7 Å². The van der Waals surface area contributed by atoms with E-state index in [2.05, 4.69) is 13.2 Å². The third kappa shape index (κ3) is 7.10. The van der Waals surface area contributed by atoms with E-state index in [1.54, 1.807) is 18.2 Å². The first-order chi connectivity index (χ1) is 5.16. The first-order valence-corrected chi connectivity index (χ1v) is 3.50. The average Bonchev–Trinajstić information content (AvgIpc) is 1.97. The van der Waals surface area contributed by atoms with Crippen LogP contribution in [-0.4, -0.2) is 17.2 Å². The van der Waals surface area contributed by atoms with E-state index in [1.807, 2.05) is 0 Å². The van der Waals surface area contributed by atoms with Crippen molar-refractivity contribution in [2.75, 3.05) is 0 Å². The Balaban J connectivity index is 3.53. The Bertz CT molecular complexity index is 161. The van der Waals surface area contributed by atoms with Crippen LogP contribution in [0.1, 0.15) is 6.42 Å². The molecule has 0 aromatic heterocycles. The van der Waals surface area contributed by atoms with Gasteiger partial charge in [0.05, 0.1) is 0 Å². The van der Waals surface area contributed by atoms with Crippen molar-refractivity contribution in [3.8, 4) is 0 Å². The summed E-state index contributed by atoms with van der Waals surface area (Å²) in [7, 11) is -1.23. The van der Waals surface area contributed by atoms with Crippen molar-refractivity contribution in [1.29, 1.82) is 0 Å². The first-order valence-electron chi connectivity index (χ1n) is 3.50. The fourth-order valence-corrected chi connectivity index (χ4v) is 0.602. The largest absolute Gasteiger partial charge is 0.451 e. The highest BCUT2D eigenvalue weighted by Gasteiger charge is 2.04. The Labute approximate surface area is 67.7 Å². The monoisotopic (exact) mass is 152 g/mol. The number of rotatable bonds is 5. The molecule has 0 rings (SSSR count). The van der Waals surface area contributed by atoms with Crippen LogP contribution in [0.3, 0.4) is 0 Å². The van der Waals surface area contributed by atoms with Crippen molar-refractivity contribution in [3.63, 3.8) is 0 Å². The lowest BCUT2D eigenvalue weighted by Gasteiger charge is -1.97. The van der Waals surface area contributed by atoms with Crippen molar-refractivity contribution in [1.82, 2.24) is 0 Å². The Hall–Kier alpha value is -0.795. The zero-order valence-electron chi connectivity index (χ0n) is 6.53. The molecule has 0 aliphatic rings. The quantitative estimate of drug-likeness (QED) is 0.458. The second kappa shape index (κ2) is 5.95. The van der Waals surface area contributed by atoms with Crippen molar-refractivity contribution in [2.24, 2.45) is 0 Å². The Morgan fingerprint density at radius 1 is 1.45 bits per heavy atom. The molecule has 0 aliphatic carbocycles. The molecule has 0 heterocycles. The minimum Gasteiger partial charge on any atom is -0.427 e. The molecule has 0 aromatic carbocycles. The maximum absolute atomic E-state index is 8.50. The number of hydrogen-bond acceptors (Lipinski definition) is 2. The predicted molar refractivity (Wildman–Crippen MR) is 48.1 cm³/mol. The molecule has 0 unspecified atom stereocenters. The fourth-order valence-electron chi connectivity index (χ4n) is 0.602. The van der Waals surface area contributed by atoms with Crippen LogP contribution < -0.4 is 0 Å². The van der Waals surface area contributed by atoms with Crippen molar-refractivity contribution >= 4 is 7.12 Å². The molecule has 60 valence electrons. The lowest BCUT2D eigenvalue weighted by molar-refractivity contribution is 0.405. The average molecular weight is 152 g/mol. The minimum absolute atomic E-state index is 0.334. The molecule has 0 aromatic rings. The molecule has 2 N–H and O–H groups in total. The molecule has 0 radical (unpaired) electrons. The van der Waals surface area contributed by atoms with Gasteiger partial charge in [0.1, 0.15) is 0 Å². The van der Waals surface area contributed by atoms with Gasteiger partial charge in [-0.2, -0.15) is 0 Å². The molecule has 11 heavy (non-hydrogen) atoms. The van der Waals surface area contributed by atoms with Crippen LogP contribution in [0, 0.1) is 0 Å². The van der Waals surface area contributed by atoms with E-state index in [4.69, 9.17) is 10.0 Å². The van der Waals surface area contributed by atoms with Gasteiger partial charge in [0.15, 0.2) is 0 Å². The van der Waals surface area contributed by atoms with E-state index in [9.17, 15) is 0 Å². The maximum Gasteiger partial charge on any atom is 0.451 e. The summed E-state index contributed by atoms with van der Waals surface area (Å²) >= 11 is 0.